The Kier molecular flexibility index (Phi) is 6.20. The molecular formula is C12H20O7. The predicted octanol–water partition coefficient (Wildman–Crippen LogP) is -0.0900. The highest BCUT2D eigenvalue weighted by atomic mass is 16.6. The quantitative estimate of drug-likeness (QED) is 0.649. The van der Waals surface area contributed by atoms with Crippen LogP contribution in [-0.2, 0) is 33.3 Å². The van der Waals surface area contributed by atoms with Crippen LogP contribution < -0.4 is 0 Å². The van der Waals surface area contributed by atoms with Crippen LogP contribution in [0.1, 0.15) is 13.8 Å². The van der Waals surface area contributed by atoms with Crippen LogP contribution in [0.3, 0.4) is 0 Å². The molecule has 1 heterocycles. The molecule has 0 amide bonds. The lowest BCUT2D eigenvalue weighted by Crippen LogP contribution is -2.57. The summed E-state index contributed by atoms with van der Waals surface area (Å²) in [6, 6.07) is 0. The molecular weight excluding hydrogens is 256 g/mol. The lowest BCUT2D eigenvalue weighted by atomic mass is 9.99. The molecule has 7 heteroatoms. The van der Waals surface area contributed by atoms with Crippen LogP contribution in [0.25, 0.3) is 0 Å². The molecule has 1 rings (SSSR count). The zero-order valence-corrected chi connectivity index (χ0v) is 11.6. The van der Waals surface area contributed by atoms with E-state index in [0.717, 1.165) is 0 Å². The highest BCUT2D eigenvalue weighted by Gasteiger charge is 2.44. The SMILES string of the molecule is COC[C@H]1OC[C@@H](OC(C)=O)[C@@H](OC(C)=O)[C@@H]1OC. The summed E-state index contributed by atoms with van der Waals surface area (Å²) in [6.45, 7) is 3.00. The average molecular weight is 276 g/mol. The van der Waals surface area contributed by atoms with Gasteiger partial charge in [0.25, 0.3) is 0 Å². The van der Waals surface area contributed by atoms with Crippen LogP contribution in [0.15, 0.2) is 0 Å². The Morgan fingerprint density at radius 2 is 1.74 bits per heavy atom. The highest BCUT2D eigenvalue weighted by Crippen LogP contribution is 2.23. The molecule has 0 aliphatic carbocycles. The van der Waals surface area contributed by atoms with E-state index in [1.165, 1.54) is 28.1 Å². The Hall–Kier alpha value is -1.18. The first-order valence-electron chi connectivity index (χ1n) is 5.97. The average Bonchev–Trinajstić information content (AvgIpc) is 2.32. The molecule has 7 nitrogen and oxygen atoms in total. The third kappa shape index (κ3) is 4.45. The van der Waals surface area contributed by atoms with Gasteiger partial charge in [0, 0.05) is 28.1 Å². The molecule has 1 aliphatic rings. The van der Waals surface area contributed by atoms with E-state index in [9.17, 15) is 9.59 Å². The molecule has 19 heavy (non-hydrogen) atoms. The zero-order chi connectivity index (χ0) is 14.4. The van der Waals surface area contributed by atoms with E-state index in [1.807, 2.05) is 0 Å². The number of carbonyl (C=O) groups is 2. The van der Waals surface area contributed by atoms with Gasteiger partial charge in [0.05, 0.1) is 13.2 Å². The van der Waals surface area contributed by atoms with E-state index in [0.29, 0.717) is 6.61 Å². The third-order valence-electron chi connectivity index (χ3n) is 2.75. The van der Waals surface area contributed by atoms with Gasteiger partial charge in [-0.2, -0.15) is 0 Å². The Morgan fingerprint density at radius 3 is 2.21 bits per heavy atom. The number of esters is 2. The van der Waals surface area contributed by atoms with Gasteiger partial charge in [0.15, 0.2) is 12.2 Å². The summed E-state index contributed by atoms with van der Waals surface area (Å²) in [6.07, 6.45) is -2.33. The van der Waals surface area contributed by atoms with Crippen LogP contribution in [0, 0.1) is 0 Å². The van der Waals surface area contributed by atoms with Crippen molar-refractivity contribution in [2.45, 2.75) is 38.3 Å². The molecule has 0 N–H and O–H groups in total. The second-order valence-corrected chi connectivity index (χ2v) is 4.25. The first-order chi connectivity index (χ1) is 8.99. The summed E-state index contributed by atoms with van der Waals surface area (Å²) < 4.78 is 26.2. The molecule has 0 aromatic rings. The van der Waals surface area contributed by atoms with Crippen molar-refractivity contribution in [3.05, 3.63) is 0 Å². The Balaban J connectivity index is 2.84. The summed E-state index contributed by atoms with van der Waals surface area (Å²) in [7, 11) is 3.01. The van der Waals surface area contributed by atoms with Crippen LogP contribution in [0.2, 0.25) is 0 Å². The van der Waals surface area contributed by atoms with Gasteiger partial charge in [-0.1, -0.05) is 0 Å². The van der Waals surface area contributed by atoms with E-state index in [2.05, 4.69) is 0 Å². The number of methoxy groups -OCH3 is 2. The fourth-order valence-electron chi connectivity index (χ4n) is 2.07. The molecule has 1 saturated heterocycles. The van der Waals surface area contributed by atoms with Crippen LogP contribution in [0.5, 0.6) is 0 Å². The van der Waals surface area contributed by atoms with Crippen LogP contribution >= 0.6 is 0 Å². The van der Waals surface area contributed by atoms with Gasteiger partial charge in [-0.05, 0) is 0 Å². The summed E-state index contributed by atoms with van der Waals surface area (Å²) in [5, 5.41) is 0. The van der Waals surface area contributed by atoms with Crippen molar-refractivity contribution in [1.29, 1.82) is 0 Å². The van der Waals surface area contributed by atoms with E-state index >= 15 is 0 Å². The number of hydrogen-bond acceptors (Lipinski definition) is 7. The minimum absolute atomic E-state index is 0.130. The minimum Gasteiger partial charge on any atom is -0.456 e. The molecule has 1 fully saturated rings. The molecule has 0 spiro atoms. The predicted molar refractivity (Wildman–Crippen MR) is 63.5 cm³/mol. The van der Waals surface area contributed by atoms with Gasteiger partial charge in [0.1, 0.15) is 12.2 Å². The van der Waals surface area contributed by atoms with Crippen molar-refractivity contribution in [3.63, 3.8) is 0 Å². The summed E-state index contributed by atoms with van der Waals surface area (Å²) in [4.78, 5) is 22.2. The van der Waals surface area contributed by atoms with Gasteiger partial charge >= 0.3 is 11.9 Å². The van der Waals surface area contributed by atoms with Crippen molar-refractivity contribution in [3.8, 4) is 0 Å². The van der Waals surface area contributed by atoms with Gasteiger partial charge in [-0.25, -0.2) is 0 Å². The second-order valence-electron chi connectivity index (χ2n) is 4.25. The summed E-state index contributed by atoms with van der Waals surface area (Å²) >= 11 is 0. The lowest BCUT2D eigenvalue weighted by molar-refractivity contribution is -0.227. The van der Waals surface area contributed by atoms with Gasteiger partial charge in [0.2, 0.25) is 0 Å². The third-order valence-corrected chi connectivity index (χ3v) is 2.75. The molecule has 110 valence electrons. The molecule has 0 aromatic heterocycles. The van der Waals surface area contributed by atoms with Crippen molar-refractivity contribution in [2.75, 3.05) is 27.4 Å². The van der Waals surface area contributed by atoms with E-state index < -0.39 is 30.3 Å². The van der Waals surface area contributed by atoms with Crippen molar-refractivity contribution < 1.29 is 33.3 Å². The molecule has 0 aromatic carbocycles. The maximum absolute atomic E-state index is 11.2. The molecule has 4 atom stereocenters. The summed E-state index contributed by atoms with van der Waals surface area (Å²) in [5.74, 6) is -0.937. The van der Waals surface area contributed by atoms with Crippen molar-refractivity contribution in [2.24, 2.45) is 0 Å². The number of rotatable bonds is 5. The minimum atomic E-state index is -0.708. The smallest absolute Gasteiger partial charge is 0.303 e. The van der Waals surface area contributed by atoms with Gasteiger partial charge in [-0.15, -0.1) is 0 Å². The maximum Gasteiger partial charge on any atom is 0.303 e. The Labute approximate surface area is 112 Å². The van der Waals surface area contributed by atoms with E-state index in [4.69, 9.17) is 23.7 Å². The van der Waals surface area contributed by atoms with Crippen LogP contribution in [0.4, 0.5) is 0 Å². The molecule has 1 aliphatic heterocycles. The molecule has 0 saturated carbocycles. The topological polar surface area (TPSA) is 80.3 Å². The van der Waals surface area contributed by atoms with E-state index in [-0.39, 0.29) is 12.7 Å². The lowest BCUT2D eigenvalue weighted by Gasteiger charge is -2.40. The number of ether oxygens (including phenoxy) is 5. The maximum atomic E-state index is 11.2. The molecule has 0 radical (unpaired) electrons. The molecule has 0 bridgehead atoms. The van der Waals surface area contributed by atoms with Crippen LogP contribution in [-0.4, -0.2) is 63.8 Å². The number of hydrogen-bond donors (Lipinski definition) is 0. The Bertz CT molecular complexity index is 317. The first kappa shape index (κ1) is 15.9. The summed E-state index contributed by atoms with van der Waals surface area (Å²) in [5.41, 5.74) is 0. The number of carbonyl (C=O) groups excluding carboxylic acids is 2. The highest BCUT2D eigenvalue weighted by molar-refractivity contribution is 5.67. The van der Waals surface area contributed by atoms with Crippen molar-refractivity contribution >= 4 is 11.9 Å². The van der Waals surface area contributed by atoms with Gasteiger partial charge in [-0.3, -0.25) is 9.59 Å². The second kappa shape index (κ2) is 7.42. The van der Waals surface area contributed by atoms with E-state index in [1.54, 1.807) is 0 Å². The standard InChI is InChI=1S/C12H20O7/c1-7(13)18-10-6-17-9(5-15-3)11(16-4)12(10)19-8(2)14/h9-12H,5-6H2,1-4H3/t9-,10-,11-,12-/m1/s1. The Morgan fingerprint density at radius 1 is 1.11 bits per heavy atom. The zero-order valence-electron chi connectivity index (χ0n) is 11.6. The molecule has 0 unspecified atom stereocenters. The normalized spacial score (nSPS) is 30.7. The van der Waals surface area contributed by atoms with Gasteiger partial charge < -0.3 is 23.7 Å². The fraction of sp³-hybridized carbons (Fsp3) is 0.833. The monoisotopic (exact) mass is 276 g/mol. The largest absolute Gasteiger partial charge is 0.456 e. The fourth-order valence-corrected chi connectivity index (χ4v) is 2.07. The first-order valence-corrected chi connectivity index (χ1v) is 5.97. The van der Waals surface area contributed by atoms with Crippen molar-refractivity contribution in [1.82, 2.24) is 0 Å².